The Morgan fingerprint density at radius 3 is 2.39 bits per heavy atom. The van der Waals surface area contributed by atoms with E-state index >= 15 is 0 Å². The second kappa shape index (κ2) is 8.28. The summed E-state index contributed by atoms with van der Waals surface area (Å²) in [4.78, 5) is 2.39. The molecule has 0 aliphatic rings. The molecule has 1 N–H and O–H groups in total. The monoisotopic (exact) mass is 311 g/mol. The molecule has 2 nitrogen and oxygen atoms in total. The fourth-order valence-electron chi connectivity index (χ4n) is 2.85. The highest BCUT2D eigenvalue weighted by molar-refractivity contribution is 5.30. The first-order valence-corrected chi connectivity index (χ1v) is 8.54. The number of hydrogen-bond acceptors (Lipinski definition) is 2. The van der Waals surface area contributed by atoms with Gasteiger partial charge in [0.25, 0.3) is 0 Å². The maximum absolute atomic E-state index is 10.6. The van der Waals surface area contributed by atoms with Gasteiger partial charge in [-0.3, -0.25) is 4.90 Å². The standard InChI is InChI=1S/C21H29NO/c1-5-18(4)22(14-20-13-16(2)11-12-17(20)3)15-21(23)19-9-7-6-8-10-19/h6-13,18,21,23H,5,14-15H2,1-4H3. The molecule has 2 heteroatoms. The van der Waals surface area contributed by atoms with E-state index in [1.165, 1.54) is 16.7 Å². The number of benzene rings is 2. The molecular weight excluding hydrogens is 282 g/mol. The van der Waals surface area contributed by atoms with Crippen LogP contribution in [0.3, 0.4) is 0 Å². The smallest absolute Gasteiger partial charge is 0.0917 e. The van der Waals surface area contributed by atoms with Crippen molar-refractivity contribution >= 4 is 0 Å². The normalized spacial score (nSPS) is 14.0. The molecule has 0 fully saturated rings. The highest BCUT2D eigenvalue weighted by Gasteiger charge is 2.18. The molecule has 0 aliphatic carbocycles. The first kappa shape index (κ1) is 17.7. The summed E-state index contributed by atoms with van der Waals surface area (Å²) < 4.78 is 0. The number of aliphatic hydroxyl groups excluding tert-OH is 1. The summed E-state index contributed by atoms with van der Waals surface area (Å²) in [5, 5.41) is 10.6. The molecular formula is C21H29NO. The molecule has 2 aromatic rings. The van der Waals surface area contributed by atoms with Crippen molar-refractivity contribution in [2.45, 2.75) is 52.8 Å². The summed E-state index contributed by atoms with van der Waals surface area (Å²) >= 11 is 0. The van der Waals surface area contributed by atoms with Crippen LogP contribution in [0.1, 0.15) is 48.6 Å². The fraction of sp³-hybridized carbons (Fsp3) is 0.429. The maximum Gasteiger partial charge on any atom is 0.0917 e. The Morgan fingerprint density at radius 2 is 1.74 bits per heavy atom. The second-order valence-electron chi connectivity index (χ2n) is 6.54. The van der Waals surface area contributed by atoms with Crippen molar-refractivity contribution in [3.63, 3.8) is 0 Å². The summed E-state index contributed by atoms with van der Waals surface area (Å²) in [6, 6.07) is 17.0. The van der Waals surface area contributed by atoms with Gasteiger partial charge in [-0.15, -0.1) is 0 Å². The molecule has 0 aromatic heterocycles. The first-order chi connectivity index (χ1) is 11.0. The zero-order valence-electron chi connectivity index (χ0n) is 14.8. The van der Waals surface area contributed by atoms with Crippen molar-refractivity contribution in [3.8, 4) is 0 Å². The zero-order chi connectivity index (χ0) is 16.8. The summed E-state index contributed by atoms with van der Waals surface area (Å²) in [6.45, 7) is 10.3. The molecule has 0 amide bonds. The lowest BCUT2D eigenvalue weighted by molar-refractivity contribution is 0.0846. The number of aliphatic hydroxyl groups is 1. The molecule has 0 heterocycles. The van der Waals surface area contributed by atoms with Crippen molar-refractivity contribution in [2.75, 3.05) is 6.54 Å². The molecule has 0 radical (unpaired) electrons. The molecule has 0 aliphatic heterocycles. The third kappa shape index (κ3) is 4.92. The van der Waals surface area contributed by atoms with Gasteiger partial charge in [-0.1, -0.05) is 61.0 Å². The van der Waals surface area contributed by atoms with Gasteiger partial charge in [0.2, 0.25) is 0 Å². The zero-order valence-corrected chi connectivity index (χ0v) is 14.8. The Bertz CT molecular complexity index is 608. The van der Waals surface area contributed by atoms with Crippen LogP contribution in [0.15, 0.2) is 48.5 Å². The number of rotatable bonds is 7. The molecule has 2 unspecified atom stereocenters. The van der Waals surface area contributed by atoms with Gasteiger partial charge in [0.1, 0.15) is 0 Å². The third-order valence-electron chi connectivity index (χ3n) is 4.68. The highest BCUT2D eigenvalue weighted by Crippen LogP contribution is 2.20. The van der Waals surface area contributed by atoms with E-state index in [0.717, 1.165) is 18.5 Å². The van der Waals surface area contributed by atoms with Crippen molar-refractivity contribution in [3.05, 3.63) is 70.8 Å². The molecule has 0 saturated carbocycles. The van der Waals surface area contributed by atoms with Gasteiger partial charge in [0.05, 0.1) is 6.10 Å². The minimum Gasteiger partial charge on any atom is -0.387 e. The topological polar surface area (TPSA) is 23.5 Å². The molecule has 0 saturated heterocycles. The van der Waals surface area contributed by atoms with Crippen LogP contribution in [-0.2, 0) is 6.54 Å². The minimum atomic E-state index is -0.449. The molecule has 2 rings (SSSR count). The van der Waals surface area contributed by atoms with Crippen LogP contribution >= 0.6 is 0 Å². The van der Waals surface area contributed by atoms with E-state index in [2.05, 4.69) is 50.8 Å². The Balaban J connectivity index is 2.15. The van der Waals surface area contributed by atoms with E-state index in [9.17, 15) is 5.11 Å². The Hall–Kier alpha value is -1.64. The van der Waals surface area contributed by atoms with Gasteiger partial charge in [-0.05, 0) is 43.9 Å². The van der Waals surface area contributed by atoms with E-state index in [4.69, 9.17) is 0 Å². The van der Waals surface area contributed by atoms with Crippen LogP contribution in [0.5, 0.6) is 0 Å². The van der Waals surface area contributed by atoms with Gasteiger partial charge >= 0.3 is 0 Å². The summed E-state index contributed by atoms with van der Waals surface area (Å²) in [5.74, 6) is 0. The van der Waals surface area contributed by atoms with Crippen LogP contribution in [0.25, 0.3) is 0 Å². The molecule has 2 atom stereocenters. The average molecular weight is 311 g/mol. The summed E-state index contributed by atoms with van der Waals surface area (Å²) in [5.41, 5.74) is 4.95. The van der Waals surface area contributed by atoms with Gasteiger partial charge in [-0.25, -0.2) is 0 Å². The number of hydrogen-bond donors (Lipinski definition) is 1. The van der Waals surface area contributed by atoms with E-state index in [-0.39, 0.29) is 0 Å². The minimum absolute atomic E-state index is 0.438. The van der Waals surface area contributed by atoms with Crippen LogP contribution in [0, 0.1) is 13.8 Å². The molecule has 0 bridgehead atoms. The van der Waals surface area contributed by atoms with Crippen molar-refractivity contribution in [1.82, 2.24) is 4.90 Å². The average Bonchev–Trinajstić information content (AvgIpc) is 2.57. The van der Waals surface area contributed by atoms with E-state index in [1.54, 1.807) is 0 Å². The van der Waals surface area contributed by atoms with Crippen LogP contribution in [0.2, 0.25) is 0 Å². The summed E-state index contributed by atoms with van der Waals surface area (Å²) in [7, 11) is 0. The summed E-state index contributed by atoms with van der Waals surface area (Å²) in [6.07, 6.45) is 0.627. The highest BCUT2D eigenvalue weighted by atomic mass is 16.3. The number of aryl methyl sites for hydroxylation is 2. The van der Waals surface area contributed by atoms with E-state index in [0.29, 0.717) is 12.6 Å². The SMILES string of the molecule is CCC(C)N(Cc1cc(C)ccc1C)CC(O)c1ccccc1. The predicted octanol–water partition coefficient (Wildman–Crippen LogP) is 4.64. The van der Waals surface area contributed by atoms with Gasteiger partial charge in [0, 0.05) is 19.1 Å². The lowest BCUT2D eigenvalue weighted by Gasteiger charge is -2.31. The molecule has 2 aromatic carbocycles. The second-order valence-corrected chi connectivity index (χ2v) is 6.54. The first-order valence-electron chi connectivity index (χ1n) is 8.54. The predicted molar refractivity (Wildman–Crippen MR) is 97.5 cm³/mol. The van der Waals surface area contributed by atoms with E-state index < -0.39 is 6.10 Å². The van der Waals surface area contributed by atoms with Crippen LogP contribution in [-0.4, -0.2) is 22.6 Å². The Kier molecular flexibility index (Phi) is 6.37. The van der Waals surface area contributed by atoms with E-state index in [1.807, 2.05) is 30.3 Å². The lowest BCUT2D eigenvalue weighted by Crippen LogP contribution is -2.36. The Morgan fingerprint density at radius 1 is 1.04 bits per heavy atom. The lowest BCUT2D eigenvalue weighted by atomic mass is 10.0. The molecule has 23 heavy (non-hydrogen) atoms. The number of nitrogens with zero attached hydrogens (tertiary/aromatic N) is 1. The van der Waals surface area contributed by atoms with Gasteiger partial charge in [0.15, 0.2) is 0 Å². The van der Waals surface area contributed by atoms with Crippen molar-refractivity contribution in [2.24, 2.45) is 0 Å². The van der Waals surface area contributed by atoms with Crippen LogP contribution < -0.4 is 0 Å². The van der Waals surface area contributed by atoms with Gasteiger partial charge < -0.3 is 5.11 Å². The molecule has 124 valence electrons. The molecule has 0 spiro atoms. The fourth-order valence-corrected chi connectivity index (χ4v) is 2.85. The Labute approximate surface area is 140 Å². The van der Waals surface area contributed by atoms with Gasteiger partial charge in [-0.2, -0.15) is 0 Å². The van der Waals surface area contributed by atoms with Crippen molar-refractivity contribution in [1.29, 1.82) is 0 Å². The quantitative estimate of drug-likeness (QED) is 0.805. The third-order valence-corrected chi connectivity index (χ3v) is 4.68. The van der Waals surface area contributed by atoms with Crippen LogP contribution in [0.4, 0.5) is 0 Å². The maximum atomic E-state index is 10.6. The van der Waals surface area contributed by atoms with Crippen molar-refractivity contribution < 1.29 is 5.11 Å². The largest absolute Gasteiger partial charge is 0.387 e.